The third-order valence-electron chi connectivity index (χ3n) is 3.82. The van der Waals surface area contributed by atoms with Crippen LogP contribution in [0.3, 0.4) is 0 Å². The minimum Gasteiger partial charge on any atom is -0.493 e. The van der Waals surface area contributed by atoms with E-state index in [1.807, 2.05) is 0 Å². The summed E-state index contributed by atoms with van der Waals surface area (Å²) < 4.78 is 94.1. The number of halogens is 1. The summed E-state index contributed by atoms with van der Waals surface area (Å²) in [6.07, 6.45) is -2.56. The van der Waals surface area contributed by atoms with Crippen LogP contribution in [0.25, 0.3) is 0 Å². The molecule has 2 heterocycles. The molecule has 2 aliphatic rings. The summed E-state index contributed by atoms with van der Waals surface area (Å²) in [4.78, 5) is 0. The third kappa shape index (κ3) is 3.17. The molecule has 0 aromatic heterocycles. The zero-order chi connectivity index (χ0) is 23.5. The molecule has 0 spiro atoms. The normalized spacial score (nSPS) is 34.2. The minimum atomic E-state index is -2.56. The van der Waals surface area contributed by atoms with E-state index in [4.69, 9.17) is 25.2 Å². The maximum absolute atomic E-state index is 13.5. The van der Waals surface area contributed by atoms with Crippen LogP contribution in [0.2, 0.25) is 0 Å². The topological polar surface area (TPSA) is 39.7 Å². The van der Waals surface area contributed by atoms with E-state index in [2.05, 4.69) is 5.32 Å². The fraction of sp³-hybridized carbons (Fsp3) is 0.368. The zero-order valence-corrected chi connectivity index (χ0v) is 12.5. The van der Waals surface area contributed by atoms with Crippen molar-refractivity contribution in [3.05, 3.63) is 53.8 Å². The first kappa shape index (κ1) is 8.72. The lowest BCUT2D eigenvalue weighted by atomic mass is 9.81. The van der Waals surface area contributed by atoms with Crippen molar-refractivity contribution in [3.8, 4) is 17.2 Å². The Labute approximate surface area is 151 Å². The van der Waals surface area contributed by atoms with Crippen molar-refractivity contribution in [1.29, 1.82) is 0 Å². The molecule has 1 N–H and O–H groups in total. The van der Waals surface area contributed by atoms with Crippen LogP contribution in [-0.4, -0.2) is 26.3 Å². The first-order chi connectivity index (χ1) is 14.7. The van der Waals surface area contributed by atoms with Crippen molar-refractivity contribution in [1.82, 2.24) is 5.32 Å². The van der Waals surface area contributed by atoms with Crippen molar-refractivity contribution in [2.75, 3.05) is 26.3 Å². The quantitative estimate of drug-likeness (QED) is 0.929. The van der Waals surface area contributed by atoms with Gasteiger partial charge in [-0.2, -0.15) is 0 Å². The fourth-order valence-electron chi connectivity index (χ4n) is 2.57. The van der Waals surface area contributed by atoms with Crippen molar-refractivity contribution in [2.45, 2.75) is 12.3 Å². The third-order valence-corrected chi connectivity index (χ3v) is 3.82. The Balaban J connectivity index is 1.67. The smallest absolute Gasteiger partial charge is 0.231 e. The molecular formula is C19H20FNO3. The molecular weight excluding hydrogens is 309 g/mol. The molecule has 2 aromatic carbocycles. The van der Waals surface area contributed by atoms with Gasteiger partial charge in [-0.3, -0.25) is 0 Å². The van der Waals surface area contributed by atoms with Gasteiger partial charge >= 0.3 is 0 Å². The number of ether oxygens (including phenoxy) is 3. The van der Waals surface area contributed by atoms with Crippen molar-refractivity contribution >= 4 is 0 Å². The Morgan fingerprint density at radius 3 is 2.92 bits per heavy atom. The largest absolute Gasteiger partial charge is 0.493 e. The molecule has 2 aromatic rings. The average molecular weight is 337 g/mol. The predicted octanol–water partition coefficient (Wildman–Crippen LogP) is 3.33. The number of nitrogens with one attached hydrogen (secondary N) is 1. The predicted molar refractivity (Wildman–Crippen MR) is 88.2 cm³/mol. The molecule has 4 nitrogen and oxygen atoms in total. The molecule has 2 aliphatic heterocycles. The van der Waals surface area contributed by atoms with Gasteiger partial charge in [0.1, 0.15) is 14.3 Å². The minimum absolute atomic E-state index is 0.0120. The van der Waals surface area contributed by atoms with Crippen LogP contribution in [0.15, 0.2) is 42.5 Å². The van der Waals surface area contributed by atoms with Gasteiger partial charge in [-0.05, 0) is 48.6 Å². The molecule has 0 aliphatic carbocycles. The van der Waals surface area contributed by atoms with E-state index in [1.54, 1.807) is 0 Å². The lowest BCUT2D eigenvalue weighted by Gasteiger charge is -2.32. The van der Waals surface area contributed by atoms with Crippen molar-refractivity contribution in [2.24, 2.45) is 5.92 Å². The van der Waals surface area contributed by atoms with Crippen LogP contribution in [0, 0.1) is 11.7 Å². The molecule has 0 bridgehead atoms. The molecule has 1 fully saturated rings. The summed E-state index contributed by atoms with van der Waals surface area (Å²) in [5, 5.41) is 2.42. The summed E-state index contributed by atoms with van der Waals surface area (Å²) in [5.74, 6) is -2.94. The van der Waals surface area contributed by atoms with Crippen LogP contribution < -0.4 is 19.5 Å². The van der Waals surface area contributed by atoms with Gasteiger partial charge in [0.05, 0.1) is 9.30 Å². The number of fused-ring (bicyclic) bond motifs is 1. The van der Waals surface area contributed by atoms with Crippen LogP contribution in [-0.2, 0) is 0 Å². The van der Waals surface area contributed by atoms with Gasteiger partial charge in [0.15, 0.2) is 11.5 Å². The maximum Gasteiger partial charge on any atom is 0.231 e. The standard InChI is InChI=1S/C19H20FNO3/c20-15-3-1-13(2-4-15)17-7-8-21-10-14(17)11-22-16-5-6-18-19(9-16)24-12-23-18/h1-6,9,14,17,21H,7-8,10-12H2/t14-,17?/m0/s1/i7D2,8D2,11D2,12D2. The molecule has 1 saturated heterocycles. The summed E-state index contributed by atoms with van der Waals surface area (Å²) in [6, 6.07) is 8.83. The van der Waals surface area contributed by atoms with E-state index in [1.165, 1.54) is 30.3 Å². The first-order valence-electron chi connectivity index (χ1n) is 11.4. The molecule has 24 heavy (non-hydrogen) atoms. The summed E-state index contributed by atoms with van der Waals surface area (Å²) in [5.41, 5.74) is 0.234. The molecule has 1 unspecified atom stereocenters. The Morgan fingerprint density at radius 2 is 2.04 bits per heavy atom. The van der Waals surface area contributed by atoms with E-state index in [9.17, 15) is 4.39 Å². The van der Waals surface area contributed by atoms with E-state index in [0.717, 1.165) is 12.1 Å². The van der Waals surface area contributed by atoms with Gasteiger partial charge in [0.2, 0.25) is 6.75 Å². The van der Waals surface area contributed by atoms with E-state index >= 15 is 0 Å². The van der Waals surface area contributed by atoms with Gasteiger partial charge in [-0.25, -0.2) is 4.39 Å². The van der Waals surface area contributed by atoms with Gasteiger partial charge in [0.25, 0.3) is 0 Å². The summed E-state index contributed by atoms with van der Waals surface area (Å²) in [7, 11) is 0. The highest BCUT2D eigenvalue weighted by Gasteiger charge is 2.27. The Hall–Kier alpha value is -2.27. The lowest BCUT2D eigenvalue weighted by molar-refractivity contribution is 0.173. The second-order valence-corrected chi connectivity index (χ2v) is 5.40. The van der Waals surface area contributed by atoms with Crippen LogP contribution >= 0.6 is 0 Å². The zero-order valence-electron chi connectivity index (χ0n) is 20.5. The van der Waals surface area contributed by atoms with Gasteiger partial charge in [-0.1, -0.05) is 12.1 Å². The number of hydrogen-bond acceptors (Lipinski definition) is 4. The Morgan fingerprint density at radius 1 is 1.21 bits per heavy atom. The highest BCUT2D eigenvalue weighted by atomic mass is 19.1. The summed E-state index contributed by atoms with van der Waals surface area (Å²) in [6.45, 7) is -7.58. The highest BCUT2D eigenvalue weighted by Crippen LogP contribution is 2.36. The Bertz CT molecular complexity index is 1020. The number of piperidine rings is 1. The van der Waals surface area contributed by atoms with Crippen LogP contribution in [0.4, 0.5) is 4.39 Å². The molecule has 4 rings (SSSR count). The monoisotopic (exact) mass is 337 g/mol. The number of benzene rings is 2. The van der Waals surface area contributed by atoms with E-state index in [-0.39, 0.29) is 29.4 Å². The maximum atomic E-state index is 13.5. The van der Waals surface area contributed by atoms with Crippen molar-refractivity contribution < 1.29 is 29.6 Å². The van der Waals surface area contributed by atoms with E-state index < -0.39 is 43.8 Å². The Kier molecular flexibility index (Phi) is 2.43. The second-order valence-electron chi connectivity index (χ2n) is 5.40. The highest BCUT2D eigenvalue weighted by molar-refractivity contribution is 5.46. The van der Waals surface area contributed by atoms with Crippen LogP contribution in [0.5, 0.6) is 17.2 Å². The molecule has 0 saturated carbocycles. The fourth-order valence-corrected chi connectivity index (χ4v) is 2.57. The average Bonchev–Trinajstić information content (AvgIpc) is 2.97. The molecule has 0 radical (unpaired) electrons. The lowest BCUT2D eigenvalue weighted by Crippen LogP contribution is -2.38. The number of rotatable bonds is 4. The molecule has 126 valence electrons. The van der Waals surface area contributed by atoms with Crippen molar-refractivity contribution in [3.63, 3.8) is 0 Å². The van der Waals surface area contributed by atoms with Gasteiger partial charge in [0, 0.05) is 24.0 Å². The molecule has 5 heteroatoms. The van der Waals surface area contributed by atoms with Gasteiger partial charge in [-0.15, -0.1) is 0 Å². The first-order valence-corrected chi connectivity index (χ1v) is 7.43. The SMILES string of the molecule is [2H]C1([2H])Oc2ccc(OC([2H])([2H])[C@@H]3CNC([2H])([2H])C([2H])([2H])C3c3ccc(F)cc3)cc2O1. The second kappa shape index (κ2) is 6.69. The van der Waals surface area contributed by atoms with E-state index in [0.29, 0.717) is 0 Å². The molecule has 0 amide bonds. The summed E-state index contributed by atoms with van der Waals surface area (Å²) >= 11 is 0. The van der Waals surface area contributed by atoms with Crippen LogP contribution in [0.1, 0.15) is 28.8 Å². The van der Waals surface area contributed by atoms with Gasteiger partial charge < -0.3 is 19.5 Å². The number of hydrogen-bond donors (Lipinski definition) is 1. The molecule has 2 atom stereocenters.